The molecule has 3 nitrogen and oxygen atoms in total. The molecule has 1 fully saturated rings. The third kappa shape index (κ3) is 2.01. The van der Waals surface area contributed by atoms with Crippen LogP contribution in [0.5, 0.6) is 0 Å². The molecule has 17 heavy (non-hydrogen) atoms. The normalized spacial score (nSPS) is 25.7. The molecule has 0 spiro atoms. The summed E-state index contributed by atoms with van der Waals surface area (Å²) in [5.41, 5.74) is 9.03. The van der Waals surface area contributed by atoms with Crippen molar-refractivity contribution in [1.29, 1.82) is 0 Å². The monoisotopic (exact) mass is 233 g/mol. The van der Waals surface area contributed by atoms with Crippen molar-refractivity contribution in [3.63, 3.8) is 0 Å². The van der Waals surface area contributed by atoms with Crippen molar-refractivity contribution in [2.45, 2.75) is 70.4 Å². The van der Waals surface area contributed by atoms with Gasteiger partial charge >= 0.3 is 0 Å². The van der Waals surface area contributed by atoms with Crippen molar-refractivity contribution in [3.8, 4) is 0 Å². The molecule has 3 heteroatoms. The van der Waals surface area contributed by atoms with Gasteiger partial charge in [-0.1, -0.05) is 6.92 Å². The quantitative estimate of drug-likeness (QED) is 0.871. The first kappa shape index (κ1) is 11.3. The highest BCUT2D eigenvalue weighted by molar-refractivity contribution is 5.20. The molecule has 1 atom stereocenters. The van der Waals surface area contributed by atoms with E-state index in [9.17, 15) is 0 Å². The van der Waals surface area contributed by atoms with Gasteiger partial charge in [0.25, 0.3) is 0 Å². The molecule has 94 valence electrons. The van der Waals surface area contributed by atoms with Crippen LogP contribution in [0.1, 0.15) is 62.2 Å². The second kappa shape index (κ2) is 3.84. The van der Waals surface area contributed by atoms with Gasteiger partial charge in [-0.25, -0.2) is 4.98 Å². The average molecular weight is 233 g/mol. The zero-order valence-corrected chi connectivity index (χ0v) is 11.0. The Kier molecular flexibility index (Phi) is 2.54. The summed E-state index contributed by atoms with van der Waals surface area (Å²) in [7, 11) is 0. The van der Waals surface area contributed by atoms with Crippen LogP contribution >= 0.6 is 0 Å². The Bertz CT molecular complexity index is 429. The maximum Gasteiger partial charge on any atom is 0.112 e. The van der Waals surface area contributed by atoms with Gasteiger partial charge in [0.2, 0.25) is 0 Å². The van der Waals surface area contributed by atoms with Crippen molar-refractivity contribution in [2.24, 2.45) is 5.73 Å². The fraction of sp³-hybridized carbons (Fsp3) is 0.786. The van der Waals surface area contributed by atoms with Crippen LogP contribution in [0.3, 0.4) is 0 Å². The van der Waals surface area contributed by atoms with E-state index in [1.807, 2.05) is 0 Å². The van der Waals surface area contributed by atoms with E-state index in [4.69, 9.17) is 10.7 Å². The first-order valence-corrected chi connectivity index (χ1v) is 6.94. The molecule has 1 aliphatic heterocycles. The van der Waals surface area contributed by atoms with Gasteiger partial charge in [-0.15, -0.1) is 0 Å². The Labute approximate surface area is 103 Å². The molecule has 0 radical (unpaired) electrons. The number of hydrogen-bond donors (Lipinski definition) is 1. The summed E-state index contributed by atoms with van der Waals surface area (Å²) in [5, 5.41) is 0. The number of imidazole rings is 1. The lowest BCUT2D eigenvalue weighted by Gasteiger charge is -2.22. The molecule has 1 aromatic heterocycles. The molecule has 0 aromatic carbocycles. The van der Waals surface area contributed by atoms with Crippen LogP contribution in [0.2, 0.25) is 0 Å². The Morgan fingerprint density at radius 3 is 2.94 bits per heavy atom. The first-order chi connectivity index (χ1) is 8.09. The molecule has 0 amide bonds. The summed E-state index contributed by atoms with van der Waals surface area (Å²) in [4.78, 5) is 4.78. The van der Waals surface area contributed by atoms with E-state index >= 15 is 0 Å². The molecular formula is C14H23N3. The molecule has 2 aliphatic rings. The predicted octanol–water partition coefficient (Wildman–Crippen LogP) is 2.51. The molecule has 1 aromatic rings. The van der Waals surface area contributed by atoms with E-state index in [0.717, 1.165) is 19.4 Å². The lowest BCUT2D eigenvalue weighted by Crippen LogP contribution is -2.23. The lowest BCUT2D eigenvalue weighted by molar-refractivity contribution is 0.449. The summed E-state index contributed by atoms with van der Waals surface area (Å²) in [5.74, 6) is 1.94. The fourth-order valence-electron chi connectivity index (χ4n) is 3.03. The predicted molar refractivity (Wildman–Crippen MR) is 69.1 cm³/mol. The van der Waals surface area contributed by atoms with Crippen LogP contribution in [0.4, 0.5) is 0 Å². The number of nitrogens with two attached hydrogens (primary N) is 1. The van der Waals surface area contributed by atoms with Crippen molar-refractivity contribution in [2.75, 3.05) is 0 Å². The van der Waals surface area contributed by atoms with E-state index in [0.29, 0.717) is 5.92 Å². The van der Waals surface area contributed by atoms with Crippen molar-refractivity contribution in [3.05, 3.63) is 17.2 Å². The van der Waals surface area contributed by atoms with Gasteiger partial charge in [0, 0.05) is 23.7 Å². The Morgan fingerprint density at radius 2 is 2.24 bits per heavy atom. The lowest BCUT2D eigenvalue weighted by atomic mass is 10.0. The van der Waals surface area contributed by atoms with E-state index in [-0.39, 0.29) is 5.54 Å². The average Bonchev–Trinajstić information content (AvgIpc) is 2.92. The van der Waals surface area contributed by atoms with E-state index in [2.05, 4.69) is 18.4 Å². The van der Waals surface area contributed by atoms with Gasteiger partial charge in [0.1, 0.15) is 5.82 Å². The van der Waals surface area contributed by atoms with Crippen LogP contribution in [-0.4, -0.2) is 15.1 Å². The van der Waals surface area contributed by atoms with Crippen molar-refractivity contribution < 1.29 is 0 Å². The highest BCUT2D eigenvalue weighted by atomic mass is 15.1. The summed E-state index contributed by atoms with van der Waals surface area (Å²) in [6.07, 6.45) is 7.25. The van der Waals surface area contributed by atoms with Crippen LogP contribution < -0.4 is 5.73 Å². The van der Waals surface area contributed by atoms with Crippen LogP contribution in [-0.2, 0) is 13.0 Å². The molecular weight excluding hydrogens is 210 g/mol. The minimum Gasteiger partial charge on any atom is -0.332 e. The number of aromatic nitrogens is 2. The standard InChI is InChI=1S/C14H23N3/c1-10-4-3-9-17-12(11(2)16-13(10)17)5-6-14(15)7-8-14/h10H,3-9,15H2,1-2H3. The van der Waals surface area contributed by atoms with Crippen LogP contribution in [0.15, 0.2) is 0 Å². The van der Waals surface area contributed by atoms with Crippen LogP contribution in [0.25, 0.3) is 0 Å². The van der Waals surface area contributed by atoms with Gasteiger partial charge in [0.05, 0.1) is 5.69 Å². The Balaban J connectivity index is 1.83. The largest absolute Gasteiger partial charge is 0.332 e. The molecule has 0 bridgehead atoms. The number of hydrogen-bond acceptors (Lipinski definition) is 2. The van der Waals surface area contributed by atoms with E-state index in [1.165, 1.54) is 42.9 Å². The minimum absolute atomic E-state index is 0.164. The highest BCUT2D eigenvalue weighted by Crippen LogP contribution is 2.37. The zero-order valence-electron chi connectivity index (χ0n) is 11.0. The number of fused-ring (bicyclic) bond motifs is 1. The van der Waals surface area contributed by atoms with E-state index in [1.54, 1.807) is 0 Å². The highest BCUT2D eigenvalue weighted by Gasteiger charge is 2.38. The van der Waals surface area contributed by atoms with Crippen LogP contribution in [0, 0.1) is 6.92 Å². The van der Waals surface area contributed by atoms with Crippen molar-refractivity contribution in [1.82, 2.24) is 9.55 Å². The Hall–Kier alpha value is -0.830. The van der Waals surface area contributed by atoms with Gasteiger partial charge in [-0.3, -0.25) is 0 Å². The van der Waals surface area contributed by atoms with Gasteiger partial charge in [-0.2, -0.15) is 0 Å². The molecule has 2 N–H and O–H groups in total. The van der Waals surface area contributed by atoms with Gasteiger partial charge in [-0.05, 0) is 45.4 Å². The Morgan fingerprint density at radius 1 is 1.47 bits per heavy atom. The molecule has 3 rings (SSSR count). The maximum atomic E-state index is 6.19. The summed E-state index contributed by atoms with van der Waals surface area (Å²) < 4.78 is 2.47. The third-order valence-corrected chi connectivity index (χ3v) is 4.51. The molecule has 0 saturated heterocycles. The first-order valence-electron chi connectivity index (χ1n) is 6.94. The summed E-state index contributed by atoms with van der Waals surface area (Å²) in [6, 6.07) is 0. The second-order valence-electron chi connectivity index (χ2n) is 6.06. The maximum absolute atomic E-state index is 6.19. The summed E-state index contributed by atoms with van der Waals surface area (Å²) >= 11 is 0. The SMILES string of the molecule is Cc1nc2n(c1CCC1(N)CC1)CCCC2C. The molecule has 1 unspecified atom stereocenters. The number of aryl methyl sites for hydroxylation is 1. The summed E-state index contributed by atoms with van der Waals surface area (Å²) in [6.45, 7) is 5.61. The fourth-order valence-corrected chi connectivity index (χ4v) is 3.03. The second-order valence-corrected chi connectivity index (χ2v) is 6.06. The molecule has 2 heterocycles. The minimum atomic E-state index is 0.164. The number of rotatable bonds is 3. The third-order valence-electron chi connectivity index (χ3n) is 4.51. The van der Waals surface area contributed by atoms with Gasteiger partial charge in [0.15, 0.2) is 0 Å². The topological polar surface area (TPSA) is 43.8 Å². The number of nitrogens with zero attached hydrogens (tertiary/aromatic N) is 2. The van der Waals surface area contributed by atoms with Gasteiger partial charge < -0.3 is 10.3 Å². The smallest absolute Gasteiger partial charge is 0.112 e. The molecule has 1 aliphatic carbocycles. The van der Waals surface area contributed by atoms with Crippen molar-refractivity contribution >= 4 is 0 Å². The molecule has 1 saturated carbocycles. The van der Waals surface area contributed by atoms with E-state index < -0.39 is 0 Å². The zero-order chi connectivity index (χ0) is 12.0.